The molecule has 0 spiro atoms. The van der Waals surface area contributed by atoms with Crippen molar-refractivity contribution in [2.24, 2.45) is 0 Å². The van der Waals surface area contributed by atoms with Crippen molar-refractivity contribution < 1.29 is 0 Å². The van der Waals surface area contributed by atoms with Gasteiger partial charge in [-0.15, -0.1) is 0 Å². The largest absolute Gasteiger partial charge is 0.0882 e. The Labute approximate surface area is 82.7 Å². The molecule has 1 radical (unpaired) electrons. The topological polar surface area (TPSA) is 0 Å². The molecule has 0 aliphatic heterocycles. The van der Waals surface area contributed by atoms with E-state index in [4.69, 9.17) is 0 Å². The minimum absolute atomic E-state index is 1.12. The fourth-order valence-corrected chi connectivity index (χ4v) is 1.59. The van der Waals surface area contributed by atoms with E-state index in [0.717, 1.165) is 6.42 Å². The van der Waals surface area contributed by atoms with E-state index < -0.39 is 0 Å². The van der Waals surface area contributed by atoms with Crippen LogP contribution in [-0.4, -0.2) is 0 Å². The van der Waals surface area contributed by atoms with Gasteiger partial charge in [-0.05, 0) is 38.5 Å². The van der Waals surface area contributed by atoms with Crippen LogP contribution in [0.4, 0.5) is 0 Å². The first kappa shape index (κ1) is 10.6. The molecular weight excluding hydrogens is 156 g/mol. The van der Waals surface area contributed by atoms with Crippen molar-refractivity contribution in [2.75, 3.05) is 0 Å². The predicted molar refractivity (Wildman–Crippen MR) is 59.5 cm³/mol. The number of allylic oxidation sites excluding steroid dienone is 4. The lowest BCUT2D eigenvalue weighted by Crippen LogP contribution is -1.79. The van der Waals surface area contributed by atoms with Crippen molar-refractivity contribution in [3.05, 3.63) is 30.7 Å². The van der Waals surface area contributed by atoms with Gasteiger partial charge in [0.2, 0.25) is 0 Å². The first-order valence-corrected chi connectivity index (χ1v) is 5.62. The van der Waals surface area contributed by atoms with Gasteiger partial charge in [-0.2, -0.15) is 0 Å². The van der Waals surface area contributed by atoms with Gasteiger partial charge in [0.25, 0.3) is 0 Å². The Bertz CT molecular complexity index is 135. The molecule has 0 nitrogen and oxygen atoms in total. The maximum Gasteiger partial charge on any atom is -0.0169 e. The highest BCUT2D eigenvalue weighted by molar-refractivity contribution is 4.93. The van der Waals surface area contributed by atoms with E-state index in [9.17, 15) is 0 Å². The van der Waals surface area contributed by atoms with Crippen LogP contribution in [0.2, 0.25) is 0 Å². The van der Waals surface area contributed by atoms with Gasteiger partial charge in [0.15, 0.2) is 0 Å². The average molecular weight is 177 g/mol. The second kappa shape index (κ2) is 8.10. The molecule has 0 aromatic rings. The third-order valence-corrected chi connectivity index (χ3v) is 2.42. The summed E-state index contributed by atoms with van der Waals surface area (Å²) in [4.78, 5) is 0. The summed E-state index contributed by atoms with van der Waals surface area (Å²) in [5, 5.41) is 0. The average Bonchev–Trinajstić information content (AvgIpc) is 2.18. The molecule has 0 atom stereocenters. The van der Waals surface area contributed by atoms with E-state index in [1.165, 1.54) is 44.9 Å². The van der Waals surface area contributed by atoms with Crippen LogP contribution in [-0.2, 0) is 0 Å². The van der Waals surface area contributed by atoms with Crippen molar-refractivity contribution in [1.82, 2.24) is 0 Å². The zero-order valence-corrected chi connectivity index (χ0v) is 8.54. The van der Waals surface area contributed by atoms with E-state index in [0.29, 0.717) is 0 Å². The number of hydrogen-bond donors (Lipinski definition) is 0. The van der Waals surface area contributed by atoms with Crippen molar-refractivity contribution in [3.8, 4) is 0 Å². The minimum Gasteiger partial charge on any atom is -0.0882 e. The second-order valence-corrected chi connectivity index (χ2v) is 3.68. The summed E-state index contributed by atoms with van der Waals surface area (Å²) < 4.78 is 0. The molecule has 73 valence electrons. The molecule has 1 rings (SSSR count). The molecule has 0 aromatic carbocycles. The molecule has 0 saturated carbocycles. The monoisotopic (exact) mass is 177 g/mol. The lowest BCUT2D eigenvalue weighted by Gasteiger charge is -1.98. The van der Waals surface area contributed by atoms with Gasteiger partial charge in [0.1, 0.15) is 0 Å². The standard InChI is InChI=1S/C13H21/c1-2-4-6-8-10-12-13-11-9-7-5-3-1/h1-2,5,7-8H,3-4,6,9-13H2/b2-1+,7-5+. The lowest BCUT2D eigenvalue weighted by atomic mass is 10.1. The summed E-state index contributed by atoms with van der Waals surface area (Å²) in [7, 11) is 0. The Kier molecular flexibility index (Phi) is 6.58. The van der Waals surface area contributed by atoms with Gasteiger partial charge in [-0.1, -0.05) is 43.6 Å². The van der Waals surface area contributed by atoms with Gasteiger partial charge in [0, 0.05) is 0 Å². The molecule has 0 heteroatoms. The van der Waals surface area contributed by atoms with Gasteiger partial charge in [-0.25, -0.2) is 0 Å². The van der Waals surface area contributed by atoms with Crippen LogP contribution in [0.3, 0.4) is 0 Å². The van der Waals surface area contributed by atoms with Gasteiger partial charge in [0.05, 0.1) is 0 Å². The molecule has 0 bridgehead atoms. The highest BCUT2D eigenvalue weighted by Gasteiger charge is 1.90. The van der Waals surface area contributed by atoms with Crippen molar-refractivity contribution in [2.45, 2.75) is 51.4 Å². The Hall–Kier alpha value is -0.520. The van der Waals surface area contributed by atoms with Gasteiger partial charge < -0.3 is 0 Å². The Morgan fingerprint density at radius 2 is 1.31 bits per heavy atom. The Morgan fingerprint density at radius 3 is 2.23 bits per heavy atom. The van der Waals surface area contributed by atoms with Crippen LogP contribution in [0.15, 0.2) is 24.3 Å². The zero-order chi connectivity index (χ0) is 9.19. The molecule has 0 amide bonds. The maximum atomic E-state index is 2.44. The van der Waals surface area contributed by atoms with Crippen molar-refractivity contribution in [3.63, 3.8) is 0 Å². The fourth-order valence-electron chi connectivity index (χ4n) is 1.59. The van der Waals surface area contributed by atoms with Crippen LogP contribution in [0.25, 0.3) is 0 Å². The van der Waals surface area contributed by atoms with E-state index in [1.54, 1.807) is 0 Å². The normalized spacial score (nSPS) is 26.5. The first-order valence-electron chi connectivity index (χ1n) is 5.62. The van der Waals surface area contributed by atoms with Gasteiger partial charge in [-0.3, -0.25) is 0 Å². The van der Waals surface area contributed by atoms with Crippen molar-refractivity contribution >= 4 is 0 Å². The zero-order valence-electron chi connectivity index (χ0n) is 8.54. The van der Waals surface area contributed by atoms with E-state index >= 15 is 0 Å². The second-order valence-electron chi connectivity index (χ2n) is 3.68. The molecule has 0 N–H and O–H groups in total. The third kappa shape index (κ3) is 6.62. The maximum absolute atomic E-state index is 2.44. The van der Waals surface area contributed by atoms with Crippen LogP contribution < -0.4 is 0 Å². The first-order chi connectivity index (χ1) is 6.50. The minimum atomic E-state index is 1.12. The van der Waals surface area contributed by atoms with E-state index in [-0.39, 0.29) is 0 Å². The Morgan fingerprint density at radius 1 is 0.538 bits per heavy atom. The number of hydrogen-bond acceptors (Lipinski definition) is 0. The molecule has 1 aliphatic rings. The highest BCUT2D eigenvalue weighted by atomic mass is 14.0. The van der Waals surface area contributed by atoms with Crippen molar-refractivity contribution in [1.29, 1.82) is 0 Å². The molecule has 13 heavy (non-hydrogen) atoms. The Balaban J connectivity index is 2.18. The lowest BCUT2D eigenvalue weighted by molar-refractivity contribution is 0.668. The summed E-state index contributed by atoms with van der Waals surface area (Å²) in [6.45, 7) is 0. The smallest absolute Gasteiger partial charge is 0.0169 e. The summed E-state index contributed by atoms with van der Waals surface area (Å²) in [6.07, 6.45) is 22.0. The summed E-state index contributed by atoms with van der Waals surface area (Å²) in [6, 6.07) is 0. The SMILES string of the molecule is [CH]1CC/C=C/C/C=C/CCCCC1. The predicted octanol–water partition coefficient (Wildman–Crippen LogP) is 4.44. The quantitative estimate of drug-likeness (QED) is 0.480. The van der Waals surface area contributed by atoms with Crippen LogP contribution in [0.5, 0.6) is 0 Å². The van der Waals surface area contributed by atoms with Crippen LogP contribution in [0.1, 0.15) is 51.4 Å². The molecule has 0 fully saturated rings. The third-order valence-electron chi connectivity index (χ3n) is 2.42. The van der Waals surface area contributed by atoms with E-state index in [2.05, 4.69) is 30.7 Å². The molecular formula is C13H21. The molecule has 0 aromatic heterocycles. The van der Waals surface area contributed by atoms with E-state index in [1.807, 2.05) is 0 Å². The summed E-state index contributed by atoms with van der Waals surface area (Å²) in [5.74, 6) is 0. The van der Waals surface area contributed by atoms with Crippen LogP contribution in [0, 0.1) is 6.42 Å². The fraction of sp³-hybridized carbons (Fsp3) is 0.615. The highest BCUT2D eigenvalue weighted by Crippen LogP contribution is 2.09. The van der Waals surface area contributed by atoms with Crippen LogP contribution >= 0.6 is 0 Å². The van der Waals surface area contributed by atoms with Gasteiger partial charge >= 0.3 is 0 Å². The molecule has 0 saturated heterocycles. The molecule has 0 heterocycles. The molecule has 0 unspecified atom stereocenters. The number of rotatable bonds is 0. The summed E-state index contributed by atoms with van der Waals surface area (Å²) >= 11 is 0. The molecule has 1 aliphatic carbocycles. The summed E-state index contributed by atoms with van der Waals surface area (Å²) in [5.41, 5.74) is 0.